The Kier molecular flexibility index (Phi) is 3.94. The SMILES string of the molecule is Fc1ncccc1C=CCCBr. The zero-order valence-electron chi connectivity index (χ0n) is 6.50. The summed E-state index contributed by atoms with van der Waals surface area (Å²) in [6.45, 7) is 0. The van der Waals surface area contributed by atoms with Gasteiger partial charge in [0.2, 0.25) is 5.95 Å². The molecule has 1 nitrogen and oxygen atoms in total. The van der Waals surface area contributed by atoms with Gasteiger partial charge >= 0.3 is 0 Å². The van der Waals surface area contributed by atoms with Gasteiger partial charge in [-0.1, -0.05) is 28.1 Å². The molecule has 1 aromatic rings. The van der Waals surface area contributed by atoms with Crippen LogP contribution in [-0.4, -0.2) is 10.3 Å². The first-order chi connectivity index (χ1) is 5.84. The Hall–Kier alpha value is -0.700. The highest BCUT2D eigenvalue weighted by atomic mass is 79.9. The molecule has 0 aliphatic carbocycles. The van der Waals surface area contributed by atoms with Crippen LogP contribution >= 0.6 is 15.9 Å². The molecule has 0 N–H and O–H groups in total. The van der Waals surface area contributed by atoms with E-state index in [1.807, 2.05) is 6.08 Å². The maximum absolute atomic E-state index is 12.8. The Balaban J connectivity index is 2.68. The number of alkyl halides is 1. The fraction of sp³-hybridized carbons (Fsp3) is 0.222. The van der Waals surface area contributed by atoms with Gasteiger partial charge in [-0.15, -0.1) is 0 Å². The average molecular weight is 230 g/mol. The number of halogens is 2. The molecule has 1 aromatic heterocycles. The second-order valence-corrected chi connectivity index (χ2v) is 3.06. The van der Waals surface area contributed by atoms with E-state index in [2.05, 4.69) is 20.9 Å². The molecular weight excluding hydrogens is 221 g/mol. The molecule has 0 saturated heterocycles. The summed E-state index contributed by atoms with van der Waals surface area (Å²) in [5, 5.41) is 0.894. The van der Waals surface area contributed by atoms with E-state index in [0.29, 0.717) is 5.56 Å². The van der Waals surface area contributed by atoms with Gasteiger partial charge in [0.1, 0.15) is 0 Å². The number of aromatic nitrogens is 1. The van der Waals surface area contributed by atoms with Crippen LogP contribution in [0.5, 0.6) is 0 Å². The van der Waals surface area contributed by atoms with Gasteiger partial charge in [0.25, 0.3) is 0 Å². The molecule has 0 fully saturated rings. The number of rotatable bonds is 3. The molecule has 0 unspecified atom stereocenters. The Morgan fingerprint density at radius 1 is 1.58 bits per heavy atom. The van der Waals surface area contributed by atoms with Gasteiger partial charge in [0, 0.05) is 17.1 Å². The van der Waals surface area contributed by atoms with E-state index in [-0.39, 0.29) is 0 Å². The minimum Gasteiger partial charge on any atom is -0.228 e. The standard InChI is InChI=1S/C9H9BrFN/c10-6-2-1-4-8-5-3-7-12-9(8)11/h1,3-5,7H,2,6H2. The van der Waals surface area contributed by atoms with E-state index in [0.717, 1.165) is 11.8 Å². The quantitative estimate of drug-likeness (QED) is 0.574. The number of hydrogen-bond donors (Lipinski definition) is 0. The molecular formula is C9H9BrFN. The van der Waals surface area contributed by atoms with E-state index in [1.165, 1.54) is 6.20 Å². The molecule has 1 rings (SSSR count). The molecule has 0 aromatic carbocycles. The van der Waals surface area contributed by atoms with Crippen molar-refractivity contribution in [3.63, 3.8) is 0 Å². The summed E-state index contributed by atoms with van der Waals surface area (Å²) in [5.74, 6) is -0.414. The Morgan fingerprint density at radius 2 is 2.42 bits per heavy atom. The predicted octanol–water partition coefficient (Wildman–Crippen LogP) is 3.02. The van der Waals surface area contributed by atoms with Gasteiger partial charge in [0.15, 0.2) is 0 Å². The zero-order valence-corrected chi connectivity index (χ0v) is 8.09. The van der Waals surface area contributed by atoms with Crippen LogP contribution < -0.4 is 0 Å². The van der Waals surface area contributed by atoms with Crippen LogP contribution in [-0.2, 0) is 0 Å². The van der Waals surface area contributed by atoms with Crippen LogP contribution in [0.1, 0.15) is 12.0 Å². The lowest BCUT2D eigenvalue weighted by Gasteiger charge is -1.92. The minimum atomic E-state index is -0.414. The molecule has 0 aliphatic rings. The first kappa shape index (κ1) is 9.39. The van der Waals surface area contributed by atoms with Crippen LogP contribution in [0, 0.1) is 5.95 Å². The van der Waals surface area contributed by atoms with Gasteiger partial charge in [-0.3, -0.25) is 0 Å². The van der Waals surface area contributed by atoms with Crippen molar-refractivity contribution in [3.05, 3.63) is 35.9 Å². The van der Waals surface area contributed by atoms with E-state index < -0.39 is 5.95 Å². The van der Waals surface area contributed by atoms with Gasteiger partial charge < -0.3 is 0 Å². The van der Waals surface area contributed by atoms with Crippen molar-refractivity contribution in [1.82, 2.24) is 4.98 Å². The third-order valence-electron chi connectivity index (χ3n) is 1.36. The number of nitrogens with zero attached hydrogens (tertiary/aromatic N) is 1. The summed E-state index contributed by atoms with van der Waals surface area (Å²) in [7, 11) is 0. The van der Waals surface area contributed by atoms with Crippen LogP contribution in [0.4, 0.5) is 4.39 Å². The summed E-state index contributed by atoms with van der Waals surface area (Å²) in [6, 6.07) is 3.42. The highest BCUT2D eigenvalue weighted by Crippen LogP contribution is 2.05. The predicted molar refractivity (Wildman–Crippen MR) is 51.6 cm³/mol. The van der Waals surface area contributed by atoms with Crippen molar-refractivity contribution in [1.29, 1.82) is 0 Å². The smallest absolute Gasteiger partial charge is 0.220 e. The molecule has 0 spiro atoms. The van der Waals surface area contributed by atoms with Gasteiger partial charge in [-0.25, -0.2) is 4.98 Å². The maximum atomic E-state index is 12.8. The lowest BCUT2D eigenvalue weighted by Crippen LogP contribution is -1.84. The van der Waals surface area contributed by atoms with Crippen LogP contribution in [0.15, 0.2) is 24.4 Å². The normalized spacial score (nSPS) is 10.8. The van der Waals surface area contributed by atoms with E-state index in [1.54, 1.807) is 18.2 Å². The summed E-state index contributed by atoms with van der Waals surface area (Å²) < 4.78 is 12.8. The summed E-state index contributed by atoms with van der Waals surface area (Å²) >= 11 is 3.28. The van der Waals surface area contributed by atoms with Crippen molar-refractivity contribution in [2.45, 2.75) is 6.42 Å². The molecule has 0 aliphatic heterocycles. The lowest BCUT2D eigenvalue weighted by molar-refractivity contribution is 0.581. The monoisotopic (exact) mass is 229 g/mol. The summed E-state index contributed by atoms with van der Waals surface area (Å²) in [4.78, 5) is 3.53. The fourth-order valence-corrected chi connectivity index (χ4v) is 1.06. The zero-order chi connectivity index (χ0) is 8.81. The summed E-state index contributed by atoms with van der Waals surface area (Å²) in [5.41, 5.74) is 0.540. The Morgan fingerprint density at radius 3 is 3.08 bits per heavy atom. The van der Waals surface area contributed by atoms with Crippen molar-refractivity contribution in [2.75, 3.05) is 5.33 Å². The third kappa shape index (κ3) is 2.74. The van der Waals surface area contributed by atoms with Gasteiger partial charge in [-0.2, -0.15) is 4.39 Å². The Bertz CT molecular complexity index is 273. The van der Waals surface area contributed by atoms with E-state index in [4.69, 9.17) is 0 Å². The van der Waals surface area contributed by atoms with E-state index >= 15 is 0 Å². The Labute approximate surface area is 79.5 Å². The van der Waals surface area contributed by atoms with E-state index in [9.17, 15) is 4.39 Å². The highest BCUT2D eigenvalue weighted by molar-refractivity contribution is 9.09. The van der Waals surface area contributed by atoms with Crippen molar-refractivity contribution in [3.8, 4) is 0 Å². The molecule has 0 radical (unpaired) electrons. The largest absolute Gasteiger partial charge is 0.228 e. The first-order valence-electron chi connectivity index (χ1n) is 3.67. The number of pyridine rings is 1. The van der Waals surface area contributed by atoms with Crippen molar-refractivity contribution >= 4 is 22.0 Å². The van der Waals surface area contributed by atoms with Crippen molar-refractivity contribution in [2.24, 2.45) is 0 Å². The maximum Gasteiger partial charge on any atom is 0.220 e. The number of hydrogen-bond acceptors (Lipinski definition) is 1. The molecule has 1 heterocycles. The van der Waals surface area contributed by atoms with Crippen LogP contribution in [0.2, 0.25) is 0 Å². The molecule has 0 atom stereocenters. The number of allylic oxidation sites excluding steroid dienone is 1. The third-order valence-corrected chi connectivity index (χ3v) is 1.82. The van der Waals surface area contributed by atoms with Gasteiger partial charge in [0.05, 0.1) is 0 Å². The second kappa shape index (κ2) is 5.04. The molecule has 0 amide bonds. The minimum absolute atomic E-state index is 0.414. The highest BCUT2D eigenvalue weighted by Gasteiger charge is 1.95. The average Bonchev–Trinajstić information content (AvgIpc) is 2.09. The molecule has 0 bridgehead atoms. The summed E-state index contributed by atoms with van der Waals surface area (Å²) in [6.07, 6.45) is 5.99. The topological polar surface area (TPSA) is 12.9 Å². The fourth-order valence-electron chi connectivity index (χ4n) is 0.796. The molecule has 64 valence electrons. The second-order valence-electron chi connectivity index (χ2n) is 2.26. The molecule has 0 saturated carbocycles. The van der Waals surface area contributed by atoms with Crippen LogP contribution in [0.3, 0.4) is 0 Å². The molecule has 3 heteroatoms. The van der Waals surface area contributed by atoms with Crippen LogP contribution in [0.25, 0.3) is 6.08 Å². The first-order valence-corrected chi connectivity index (χ1v) is 4.80. The van der Waals surface area contributed by atoms with Crippen molar-refractivity contribution < 1.29 is 4.39 Å². The lowest BCUT2D eigenvalue weighted by atomic mass is 10.2. The van der Waals surface area contributed by atoms with Gasteiger partial charge in [-0.05, 0) is 18.6 Å². The molecule has 12 heavy (non-hydrogen) atoms.